The van der Waals surface area contributed by atoms with Crippen molar-refractivity contribution in [3.05, 3.63) is 64.2 Å². The van der Waals surface area contributed by atoms with Gasteiger partial charge in [-0.25, -0.2) is 0 Å². The molecule has 0 unspecified atom stereocenters. The molecule has 0 saturated carbocycles. The van der Waals surface area contributed by atoms with E-state index in [1.807, 2.05) is 26.0 Å². The number of thiocarbonyl (C=S) groups is 1. The monoisotopic (exact) mass is 361 g/mol. The molecule has 0 radical (unpaired) electrons. The van der Waals surface area contributed by atoms with Crippen LogP contribution >= 0.6 is 23.8 Å². The number of nitrogens with zero attached hydrogens (tertiary/aromatic N) is 1. The molecule has 0 bridgehead atoms. The highest BCUT2D eigenvalue weighted by Crippen LogP contribution is 2.27. The maximum atomic E-state index is 6.33. The summed E-state index contributed by atoms with van der Waals surface area (Å²) >= 11 is 11.8. The van der Waals surface area contributed by atoms with Crippen LogP contribution in [-0.2, 0) is 0 Å². The van der Waals surface area contributed by atoms with Gasteiger partial charge in [0.2, 0.25) is 0 Å². The predicted octanol–water partition coefficient (Wildman–Crippen LogP) is 4.55. The molecule has 2 aromatic rings. The fourth-order valence-corrected chi connectivity index (χ4v) is 3.25. The minimum atomic E-state index is 0.237. The van der Waals surface area contributed by atoms with E-state index in [0.29, 0.717) is 16.7 Å². The van der Waals surface area contributed by atoms with Gasteiger partial charge in [0, 0.05) is 6.54 Å². The van der Waals surface area contributed by atoms with Gasteiger partial charge in [-0.2, -0.15) is 0 Å². The number of aryl methyl sites for hydroxylation is 2. The SMILES string of the molecule is Cc1cc(C)c(NC(=S)NC[C@@H](c2ccccc2)N(C)C)c(Cl)c1. The van der Waals surface area contributed by atoms with Crippen LogP contribution in [0.3, 0.4) is 0 Å². The van der Waals surface area contributed by atoms with Crippen LogP contribution < -0.4 is 10.6 Å². The van der Waals surface area contributed by atoms with Crippen molar-refractivity contribution in [3.63, 3.8) is 0 Å². The van der Waals surface area contributed by atoms with E-state index in [2.05, 4.69) is 60.0 Å². The Morgan fingerprint density at radius 1 is 1.17 bits per heavy atom. The molecule has 0 amide bonds. The highest BCUT2D eigenvalue weighted by molar-refractivity contribution is 7.80. The molecule has 5 heteroatoms. The van der Waals surface area contributed by atoms with E-state index in [4.69, 9.17) is 23.8 Å². The first-order chi connectivity index (χ1) is 11.4. The van der Waals surface area contributed by atoms with E-state index in [1.165, 1.54) is 5.56 Å². The third kappa shape index (κ3) is 4.94. The van der Waals surface area contributed by atoms with Crippen LogP contribution in [-0.4, -0.2) is 30.7 Å². The van der Waals surface area contributed by atoms with E-state index in [1.54, 1.807) is 0 Å². The fraction of sp³-hybridized carbons (Fsp3) is 0.316. The maximum absolute atomic E-state index is 6.33. The van der Waals surface area contributed by atoms with Gasteiger partial charge >= 0.3 is 0 Å². The van der Waals surface area contributed by atoms with Crippen molar-refractivity contribution in [1.29, 1.82) is 0 Å². The van der Waals surface area contributed by atoms with Crippen LogP contribution in [0.5, 0.6) is 0 Å². The van der Waals surface area contributed by atoms with Gasteiger partial charge in [0.25, 0.3) is 0 Å². The molecule has 0 aromatic heterocycles. The quantitative estimate of drug-likeness (QED) is 0.764. The van der Waals surface area contributed by atoms with Crippen molar-refractivity contribution in [2.45, 2.75) is 19.9 Å². The van der Waals surface area contributed by atoms with Crippen LogP contribution in [0.4, 0.5) is 5.69 Å². The molecule has 24 heavy (non-hydrogen) atoms. The lowest BCUT2D eigenvalue weighted by Gasteiger charge is -2.26. The number of nitrogens with one attached hydrogen (secondary N) is 2. The molecule has 0 heterocycles. The van der Waals surface area contributed by atoms with Crippen molar-refractivity contribution >= 4 is 34.6 Å². The van der Waals surface area contributed by atoms with Gasteiger partial charge in [0.15, 0.2) is 5.11 Å². The Kier molecular flexibility index (Phi) is 6.60. The Bertz CT molecular complexity index is 678. The van der Waals surface area contributed by atoms with E-state index >= 15 is 0 Å². The second kappa shape index (κ2) is 8.47. The summed E-state index contributed by atoms with van der Waals surface area (Å²) in [5.74, 6) is 0. The Morgan fingerprint density at radius 2 is 1.83 bits per heavy atom. The van der Waals surface area contributed by atoms with Crippen molar-refractivity contribution in [3.8, 4) is 0 Å². The number of benzene rings is 2. The molecule has 0 aliphatic rings. The lowest BCUT2D eigenvalue weighted by atomic mass is 10.1. The third-order valence-electron chi connectivity index (χ3n) is 3.93. The van der Waals surface area contributed by atoms with Crippen LogP contribution in [0.1, 0.15) is 22.7 Å². The highest BCUT2D eigenvalue weighted by Gasteiger charge is 2.14. The zero-order valence-electron chi connectivity index (χ0n) is 14.6. The minimum absolute atomic E-state index is 0.237. The summed E-state index contributed by atoms with van der Waals surface area (Å²) in [4.78, 5) is 2.18. The molecule has 0 aliphatic carbocycles. The molecule has 0 aliphatic heterocycles. The summed E-state index contributed by atoms with van der Waals surface area (Å²) in [6, 6.07) is 14.7. The van der Waals surface area contributed by atoms with E-state index in [9.17, 15) is 0 Å². The van der Waals surface area contributed by atoms with Crippen LogP contribution in [0, 0.1) is 13.8 Å². The van der Waals surface area contributed by atoms with Crippen molar-refractivity contribution in [1.82, 2.24) is 10.2 Å². The maximum Gasteiger partial charge on any atom is 0.170 e. The summed E-state index contributed by atoms with van der Waals surface area (Å²) < 4.78 is 0. The van der Waals surface area contributed by atoms with Crippen molar-refractivity contribution in [2.75, 3.05) is 26.0 Å². The second-order valence-electron chi connectivity index (χ2n) is 6.16. The fourth-order valence-electron chi connectivity index (χ4n) is 2.69. The molecule has 2 N–H and O–H groups in total. The standard InChI is InChI=1S/C19H24ClN3S/c1-13-10-14(2)18(16(20)11-13)22-19(24)21-12-17(23(3)4)15-8-6-5-7-9-15/h5-11,17H,12H2,1-4H3,(H2,21,22,24)/t17-/m0/s1. The first kappa shape index (κ1) is 18.7. The summed E-state index contributed by atoms with van der Waals surface area (Å²) in [5.41, 5.74) is 4.33. The van der Waals surface area contributed by atoms with E-state index < -0.39 is 0 Å². The van der Waals surface area contributed by atoms with Gasteiger partial charge in [-0.05, 0) is 62.9 Å². The first-order valence-electron chi connectivity index (χ1n) is 7.91. The van der Waals surface area contributed by atoms with Gasteiger partial charge in [-0.1, -0.05) is 48.0 Å². The number of halogens is 1. The zero-order chi connectivity index (χ0) is 17.7. The Labute approximate surface area is 155 Å². The van der Waals surface area contributed by atoms with E-state index in [0.717, 1.165) is 16.8 Å². The first-order valence-corrected chi connectivity index (χ1v) is 8.70. The van der Waals surface area contributed by atoms with Gasteiger partial charge in [-0.3, -0.25) is 0 Å². The van der Waals surface area contributed by atoms with E-state index in [-0.39, 0.29) is 6.04 Å². The van der Waals surface area contributed by atoms with Crippen LogP contribution in [0.2, 0.25) is 5.02 Å². The van der Waals surface area contributed by atoms with Gasteiger partial charge in [0.05, 0.1) is 16.8 Å². The molecule has 2 aromatic carbocycles. The lowest BCUT2D eigenvalue weighted by molar-refractivity contribution is 0.299. The number of hydrogen-bond donors (Lipinski definition) is 2. The average Bonchev–Trinajstić information content (AvgIpc) is 2.51. The molecule has 2 rings (SSSR count). The molecule has 0 spiro atoms. The van der Waals surface area contributed by atoms with Crippen molar-refractivity contribution < 1.29 is 0 Å². The van der Waals surface area contributed by atoms with Crippen LogP contribution in [0.15, 0.2) is 42.5 Å². The lowest BCUT2D eigenvalue weighted by Crippen LogP contribution is -2.36. The summed E-state index contributed by atoms with van der Waals surface area (Å²) in [5, 5.41) is 7.78. The molecule has 3 nitrogen and oxygen atoms in total. The smallest absolute Gasteiger partial charge is 0.170 e. The van der Waals surface area contributed by atoms with Gasteiger partial charge in [0.1, 0.15) is 0 Å². The van der Waals surface area contributed by atoms with Gasteiger partial charge < -0.3 is 15.5 Å². The summed E-state index contributed by atoms with van der Waals surface area (Å²) in [6.45, 7) is 4.77. The molecule has 0 saturated heterocycles. The molecule has 0 fully saturated rings. The number of likely N-dealkylation sites (N-methyl/N-ethyl adjacent to an activating group) is 1. The van der Waals surface area contributed by atoms with Gasteiger partial charge in [-0.15, -0.1) is 0 Å². The normalized spacial score (nSPS) is 12.1. The summed E-state index contributed by atoms with van der Waals surface area (Å²) in [6.07, 6.45) is 0. The predicted molar refractivity (Wildman–Crippen MR) is 108 cm³/mol. The molecular formula is C19H24ClN3S. The second-order valence-corrected chi connectivity index (χ2v) is 6.98. The molecule has 128 valence electrons. The number of rotatable bonds is 5. The largest absolute Gasteiger partial charge is 0.361 e. The highest BCUT2D eigenvalue weighted by atomic mass is 35.5. The zero-order valence-corrected chi connectivity index (χ0v) is 16.1. The average molecular weight is 362 g/mol. The van der Waals surface area contributed by atoms with Crippen molar-refractivity contribution in [2.24, 2.45) is 0 Å². The summed E-state index contributed by atoms with van der Waals surface area (Å²) in [7, 11) is 4.13. The molecular weight excluding hydrogens is 338 g/mol. The number of anilines is 1. The Hall–Kier alpha value is -1.62. The third-order valence-corrected chi connectivity index (χ3v) is 4.48. The minimum Gasteiger partial charge on any atom is -0.361 e. The Balaban J connectivity index is 2.02. The Morgan fingerprint density at radius 3 is 2.42 bits per heavy atom. The number of hydrogen-bond acceptors (Lipinski definition) is 2. The molecule has 1 atom stereocenters. The topological polar surface area (TPSA) is 27.3 Å². The van der Waals surface area contributed by atoms with Crippen LogP contribution in [0.25, 0.3) is 0 Å².